The van der Waals surface area contributed by atoms with Crippen LogP contribution in [0.5, 0.6) is 5.75 Å². The molecule has 0 radical (unpaired) electrons. The SMILES string of the molecule is CN(C(=O)c1ccc(OCCC2CN(C(=O)OC(C)(C)C)C2)cc1C=O)C1CCC(=O)NC1=O. The first-order chi connectivity index (χ1) is 16.0. The molecule has 3 rings (SSSR count). The van der Waals surface area contributed by atoms with Crippen molar-refractivity contribution in [1.82, 2.24) is 15.1 Å². The third kappa shape index (κ3) is 6.12. The maximum absolute atomic E-state index is 12.9. The zero-order valence-corrected chi connectivity index (χ0v) is 20.0. The number of imide groups is 1. The third-order valence-electron chi connectivity index (χ3n) is 5.78. The van der Waals surface area contributed by atoms with E-state index in [4.69, 9.17) is 9.47 Å². The van der Waals surface area contributed by atoms with Gasteiger partial charge in [0.2, 0.25) is 11.8 Å². The molecule has 1 atom stereocenters. The number of carbonyl (C=O) groups is 5. The van der Waals surface area contributed by atoms with Gasteiger partial charge >= 0.3 is 6.09 Å². The zero-order chi connectivity index (χ0) is 25.0. The summed E-state index contributed by atoms with van der Waals surface area (Å²) in [6.07, 6.45) is 1.37. The Morgan fingerprint density at radius 1 is 1.24 bits per heavy atom. The minimum atomic E-state index is -0.775. The van der Waals surface area contributed by atoms with Crippen LogP contribution in [0.4, 0.5) is 4.79 Å². The summed E-state index contributed by atoms with van der Waals surface area (Å²) in [4.78, 5) is 62.8. The monoisotopic (exact) mass is 473 g/mol. The van der Waals surface area contributed by atoms with Crippen molar-refractivity contribution >= 4 is 30.1 Å². The van der Waals surface area contributed by atoms with E-state index in [1.165, 1.54) is 24.1 Å². The van der Waals surface area contributed by atoms with E-state index in [1.807, 2.05) is 20.8 Å². The highest BCUT2D eigenvalue weighted by molar-refractivity contribution is 6.06. The highest BCUT2D eigenvalue weighted by atomic mass is 16.6. The number of likely N-dealkylation sites (N-methyl/N-ethyl adjacent to an activating group) is 1. The van der Waals surface area contributed by atoms with Gasteiger partial charge in [0.15, 0.2) is 6.29 Å². The molecule has 34 heavy (non-hydrogen) atoms. The summed E-state index contributed by atoms with van der Waals surface area (Å²) >= 11 is 0. The topological polar surface area (TPSA) is 122 Å². The molecule has 2 heterocycles. The van der Waals surface area contributed by atoms with E-state index in [2.05, 4.69) is 5.32 Å². The van der Waals surface area contributed by atoms with E-state index in [0.29, 0.717) is 37.6 Å². The molecule has 10 heteroatoms. The maximum atomic E-state index is 12.9. The minimum absolute atomic E-state index is 0.151. The Kier molecular flexibility index (Phi) is 7.58. The molecule has 1 aromatic rings. The lowest BCUT2D eigenvalue weighted by Crippen LogP contribution is -2.53. The van der Waals surface area contributed by atoms with Crippen LogP contribution in [0.1, 0.15) is 60.7 Å². The molecule has 2 aliphatic heterocycles. The Balaban J connectivity index is 1.51. The first-order valence-corrected chi connectivity index (χ1v) is 11.3. The Morgan fingerprint density at radius 2 is 1.94 bits per heavy atom. The molecule has 2 fully saturated rings. The summed E-state index contributed by atoms with van der Waals surface area (Å²) in [5, 5.41) is 2.22. The molecule has 1 N–H and O–H groups in total. The normalized spacial score (nSPS) is 18.6. The Morgan fingerprint density at radius 3 is 2.56 bits per heavy atom. The highest BCUT2D eigenvalue weighted by Gasteiger charge is 2.34. The van der Waals surface area contributed by atoms with Crippen LogP contribution >= 0.6 is 0 Å². The average molecular weight is 474 g/mol. The lowest BCUT2D eigenvalue weighted by Gasteiger charge is -2.39. The van der Waals surface area contributed by atoms with Crippen molar-refractivity contribution in [2.75, 3.05) is 26.7 Å². The number of amides is 4. The van der Waals surface area contributed by atoms with Crippen LogP contribution in [0.15, 0.2) is 18.2 Å². The second-order valence-electron chi connectivity index (χ2n) is 9.64. The van der Waals surface area contributed by atoms with Gasteiger partial charge in [-0.3, -0.25) is 24.5 Å². The van der Waals surface area contributed by atoms with Gasteiger partial charge in [0.1, 0.15) is 17.4 Å². The van der Waals surface area contributed by atoms with Gasteiger partial charge in [-0.15, -0.1) is 0 Å². The molecular weight excluding hydrogens is 442 g/mol. The van der Waals surface area contributed by atoms with E-state index in [9.17, 15) is 24.0 Å². The summed E-state index contributed by atoms with van der Waals surface area (Å²) in [6, 6.07) is 3.82. The van der Waals surface area contributed by atoms with Crippen molar-refractivity contribution in [1.29, 1.82) is 0 Å². The number of aldehydes is 1. The predicted molar refractivity (Wildman–Crippen MR) is 122 cm³/mol. The smallest absolute Gasteiger partial charge is 0.410 e. The van der Waals surface area contributed by atoms with Gasteiger partial charge in [-0.1, -0.05) is 0 Å². The third-order valence-corrected chi connectivity index (χ3v) is 5.78. The van der Waals surface area contributed by atoms with E-state index in [1.54, 1.807) is 11.0 Å². The second kappa shape index (κ2) is 10.2. The average Bonchev–Trinajstić information content (AvgIpc) is 2.72. The zero-order valence-electron chi connectivity index (χ0n) is 20.0. The van der Waals surface area contributed by atoms with Crippen LogP contribution in [0.2, 0.25) is 0 Å². The summed E-state index contributed by atoms with van der Waals surface area (Å²) in [5.41, 5.74) is -0.214. The molecule has 0 bridgehead atoms. The first kappa shape index (κ1) is 25.2. The van der Waals surface area contributed by atoms with Crippen LogP contribution in [-0.4, -0.2) is 78.3 Å². The van der Waals surface area contributed by atoms with Crippen LogP contribution < -0.4 is 10.1 Å². The molecule has 2 saturated heterocycles. The molecule has 10 nitrogen and oxygen atoms in total. The fourth-order valence-electron chi connectivity index (χ4n) is 3.88. The molecule has 4 amide bonds. The Hall–Kier alpha value is -3.43. The van der Waals surface area contributed by atoms with E-state index in [-0.39, 0.29) is 36.0 Å². The van der Waals surface area contributed by atoms with Crippen molar-refractivity contribution in [2.24, 2.45) is 5.92 Å². The van der Waals surface area contributed by atoms with Crippen molar-refractivity contribution in [3.05, 3.63) is 29.3 Å². The van der Waals surface area contributed by atoms with Gasteiger partial charge in [-0.2, -0.15) is 0 Å². The predicted octanol–water partition coefficient (Wildman–Crippen LogP) is 2.01. The summed E-state index contributed by atoms with van der Waals surface area (Å²) in [6.45, 7) is 7.10. The van der Waals surface area contributed by atoms with Crippen molar-refractivity contribution < 1.29 is 33.4 Å². The standard InChI is InChI=1S/C24H31N3O7/c1-24(2,3)34-23(32)27-12-15(13-27)9-10-33-17-5-6-18(16(11-17)14-28)22(31)26(4)19-7-8-20(29)25-21(19)30/h5-6,11,14-15,19H,7-10,12-13H2,1-4H3,(H,25,29,30). The van der Waals surface area contributed by atoms with E-state index >= 15 is 0 Å². The molecular formula is C24H31N3O7. The maximum Gasteiger partial charge on any atom is 0.410 e. The molecule has 2 aliphatic rings. The van der Waals surface area contributed by atoms with Crippen LogP contribution in [0.25, 0.3) is 0 Å². The van der Waals surface area contributed by atoms with E-state index < -0.39 is 23.5 Å². The number of nitrogens with zero attached hydrogens (tertiary/aromatic N) is 2. The number of rotatable bonds is 7. The number of benzene rings is 1. The lowest BCUT2D eigenvalue weighted by molar-refractivity contribution is -0.136. The molecule has 0 saturated carbocycles. The highest BCUT2D eigenvalue weighted by Crippen LogP contribution is 2.24. The van der Waals surface area contributed by atoms with Crippen LogP contribution in [0.3, 0.4) is 0 Å². The first-order valence-electron chi connectivity index (χ1n) is 11.3. The van der Waals surface area contributed by atoms with Gasteiger partial charge in [0.25, 0.3) is 5.91 Å². The van der Waals surface area contributed by atoms with Crippen molar-refractivity contribution in [3.63, 3.8) is 0 Å². The Labute approximate surface area is 198 Å². The van der Waals surface area contributed by atoms with E-state index in [0.717, 1.165) is 6.42 Å². The fraction of sp³-hybridized carbons (Fsp3) is 0.542. The van der Waals surface area contributed by atoms with Gasteiger partial charge in [-0.05, 0) is 57.7 Å². The molecule has 0 spiro atoms. The largest absolute Gasteiger partial charge is 0.494 e. The molecule has 1 aromatic carbocycles. The van der Waals surface area contributed by atoms with Gasteiger partial charge < -0.3 is 19.3 Å². The number of hydrogen-bond acceptors (Lipinski definition) is 7. The summed E-state index contributed by atoms with van der Waals surface area (Å²) in [7, 11) is 1.47. The van der Waals surface area contributed by atoms with Gasteiger partial charge in [-0.25, -0.2) is 4.79 Å². The summed E-state index contributed by atoms with van der Waals surface area (Å²) < 4.78 is 11.1. The van der Waals surface area contributed by atoms with Crippen LogP contribution in [0, 0.1) is 5.92 Å². The van der Waals surface area contributed by atoms with Gasteiger partial charge in [0, 0.05) is 32.1 Å². The minimum Gasteiger partial charge on any atom is -0.494 e. The Bertz CT molecular complexity index is 979. The number of hydrogen-bond donors (Lipinski definition) is 1. The fourth-order valence-corrected chi connectivity index (χ4v) is 3.88. The second-order valence-corrected chi connectivity index (χ2v) is 9.64. The number of likely N-dealkylation sites (tertiary alicyclic amines) is 1. The molecule has 184 valence electrons. The van der Waals surface area contributed by atoms with Gasteiger partial charge in [0.05, 0.1) is 12.2 Å². The number of carbonyl (C=O) groups excluding carboxylic acids is 5. The summed E-state index contributed by atoms with van der Waals surface area (Å²) in [5.74, 6) is -0.621. The number of ether oxygens (including phenoxy) is 2. The number of nitrogens with one attached hydrogen (secondary N) is 1. The quantitative estimate of drug-likeness (QED) is 0.475. The molecule has 1 unspecified atom stereocenters. The number of piperidine rings is 1. The molecule has 0 aromatic heterocycles. The van der Waals surface area contributed by atoms with Crippen LogP contribution in [-0.2, 0) is 14.3 Å². The molecule has 0 aliphatic carbocycles. The lowest BCUT2D eigenvalue weighted by atomic mass is 9.97. The van der Waals surface area contributed by atoms with Crippen molar-refractivity contribution in [2.45, 2.75) is 51.7 Å². The van der Waals surface area contributed by atoms with Crippen molar-refractivity contribution in [3.8, 4) is 5.75 Å².